The van der Waals surface area contributed by atoms with E-state index in [-0.39, 0.29) is 11.9 Å². The van der Waals surface area contributed by atoms with Crippen molar-refractivity contribution >= 4 is 17.6 Å². The van der Waals surface area contributed by atoms with Crippen LogP contribution in [0.4, 0.5) is 5.69 Å². The minimum absolute atomic E-state index is 0.102. The van der Waals surface area contributed by atoms with Crippen molar-refractivity contribution in [2.75, 3.05) is 26.2 Å². The molecule has 0 N–H and O–H groups in total. The normalized spacial score (nSPS) is 19.3. The highest BCUT2D eigenvalue weighted by atomic mass is 16.5. The maximum absolute atomic E-state index is 12.4. The summed E-state index contributed by atoms with van der Waals surface area (Å²) in [6.07, 6.45) is -0.550. The molecule has 1 amide bonds. The summed E-state index contributed by atoms with van der Waals surface area (Å²) in [6, 6.07) is 14.0. The molecule has 0 spiro atoms. The first kappa shape index (κ1) is 17.0. The second-order valence-corrected chi connectivity index (χ2v) is 5.62. The van der Waals surface area contributed by atoms with Crippen molar-refractivity contribution in [1.82, 2.24) is 0 Å². The Labute approximate surface area is 145 Å². The highest BCUT2D eigenvalue weighted by Crippen LogP contribution is 2.41. The van der Waals surface area contributed by atoms with E-state index in [0.29, 0.717) is 5.56 Å². The van der Waals surface area contributed by atoms with Gasteiger partial charge in [0.05, 0.1) is 25.8 Å². The zero-order valence-corrected chi connectivity index (χ0v) is 14.3. The van der Waals surface area contributed by atoms with Gasteiger partial charge >= 0.3 is 5.97 Å². The Hall–Kier alpha value is -2.86. The highest BCUT2D eigenvalue weighted by Gasteiger charge is 2.49. The van der Waals surface area contributed by atoms with Crippen LogP contribution in [0.15, 0.2) is 48.5 Å². The Morgan fingerprint density at radius 2 is 1.60 bits per heavy atom. The van der Waals surface area contributed by atoms with Gasteiger partial charge in [0.2, 0.25) is 0 Å². The van der Waals surface area contributed by atoms with Gasteiger partial charge in [0, 0.05) is 12.8 Å². The molecule has 2 atom stereocenters. The first-order chi connectivity index (χ1) is 12.1. The Kier molecular flexibility index (Phi) is 4.72. The summed E-state index contributed by atoms with van der Waals surface area (Å²) in [7, 11) is 4.45. The molecule has 6 nitrogen and oxygen atoms in total. The monoisotopic (exact) mass is 341 g/mol. The lowest BCUT2D eigenvalue weighted by Gasteiger charge is -2.46. The standard InChI is InChI=1S/C19H19NO5/c1-23-15-10-8-14(9-11-15)20-16(17(24-2)18(20)21)12-4-6-13(7-5-12)19(22)25-3/h4-11,16-17H,1-3H3/t16-,17+/m0/s1. The van der Waals surface area contributed by atoms with E-state index in [4.69, 9.17) is 14.2 Å². The number of carbonyl (C=O) groups excluding carboxylic acids is 2. The fourth-order valence-electron chi connectivity index (χ4n) is 2.98. The fourth-order valence-corrected chi connectivity index (χ4v) is 2.98. The van der Waals surface area contributed by atoms with Gasteiger partial charge in [-0.1, -0.05) is 12.1 Å². The third-order valence-electron chi connectivity index (χ3n) is 4.32. The summed E-state index contributed by atoms with van der Waals surface area (Å²) in [6.45, 7) is 0. The summed E-state index contributed by atoms with van der Waals surface area (Å²) in [5.41, 5.74) is 2.11. The molecule has 1 fully saturated rings. The number of benzene rings is 2. The first-order valence-electron chi connectivity index (χ1n) is 7.79. The first-order valence-corrected chi connectivity index (χ1v) is 7.79. The van der Waals surface area contributed by atoms with E-state index < -0.39 is 12.1 Å². The van der Waals surface area contributed by atoms with Crippen LogP contribution in [-0.4, -0.2) is 39.3 Å². The van der Waals surface area contributed by atoms with Gasteiger partial charge in [0.15, 0.2) is 6.10 Å². The molecule has 0 bridgehead atoms. The number of ether oxygens (including phenoxy) is 3. The minimum atomic E-state index is -0.550. The number of anilines is 1. The number of hydrogen-bond donors (Lipinski definition) is 0. The molecule has 3 rings (SSSR count). The molecular weight excluding hydrogens is 322 g/mol. The van der Waals surface area contributed by atoms with Crippen molar-refractivity contribution in [2.45, 2.75) is 12.1 Å². The number of methoxy groups -OCH3 is 3. The topological polar surface area (TPSA) is 65.1 Å². The summed E-state index contributed by atoms with van der Waals surface area (Å²) in [4.78, 5) is 25.7. The smallest absolute Gasteiger partial charge is 0.337 e. The maximum atomic E-state index is 12.4. The Morgan fingerprint density at radius 1 is 0.960 bits per heavy atom. The predicted octanol–water partition coefficient (Wildman–Crippen LogP) is 2.58. The van der Waals surface area contributed by atoms with Crippen LogP contribution >= 0.6 is 0 Å². The third-order valence-corrected chi connectivity index (χ3v) is 4.32. The summed E-state index contributed by atoms with van der Waals surface area (Å²) in [5.74, 6) is 0.222. The van der Waals surface area contributed by atoms with Gasteiger partial charge in [-0.15, -0.1) is 0 Å². The fraction of sp³-hybridized carbons (Fsp3) is 0.263. The summed E-state index contributed by atoms with van der Waals surface area (Å²) < 4.78 is 15.2. The molecule has 2 aromatic carbocycles. The Bertz CT molecular complexity index is 769. The molecule has 2 aromatic rings. The molecule has 6 heteroatoms. The lowest BCUT2D eigenvalue weighted by atomic mass is 9.89. The van der Waals surface area contributed by atoms with Gasteiger partial charge in [-0.25, -0.2) is 4.79 Å². The van der Waals surface area contributed by atoms with Crippen molar-refractivity contribution in [3.8, 4) is 5.75 Å². The van der Waals surface area contributed by atoms with Gasteiger partial charge in [0.25, 0.3) is 5.91 Å². The molecule has 25 heavy (non-hydrogen) atoms. The van der Waals surface area contributed by atoms with Crippen LogP contribution in [0.3, 0.4) is 0 Å². The van der Waals surface area contributed by atoms with Crippen molar-refractivity contribution in [3.63, 3.8) is 0 Å². The van der Waals surface area contributed by atoms with Crippen LogP contribution in [0.1, 0.15) is 22.0 Å². The van der Waals surface area contributed by atoms with E-state index in [1.165, 1.54) is 14.2 Å². The largest absolute Gasteiger partial charge is 0.497 e. The zero-order valence-electron chi connectivity index (χ0n) is 14.3. The number of esters is 1. The third kappa shape index (κ3) is 2.96. The number of hydrogen-bond acceptors (Lipinski definition) is 5. The van der Waals surface area contributed by atoms with E-state index in [0.717, 1.165) is 17.0 Å². The van der Waals surface area contributed by atoms with E-state index in [9.17, 15) is 9.59 Å². The van der Waals surface area contributed by atoms with Gasteiger partial charge < -0.3 is 14.2 Å². The average Bonchev–Trinajstić information content (AvgIpc) is 2.66. The second kappa shape index (κ2) is 6.94. The molecule has 1 heterocycles. The van der Waals surface area contributed by atoms with Gasteiger partial charge in [-0.3, -0.25) is 9.69 Å². The van der Waals surface area contributed by atoms with Crippen LogP contribution < -0.4 is 9.64 Å². The molecule has 1 saturated heterocycles. The zero-order chi connectivity index (χ0) is 18.0. The highest BCUT2D eigenvalue weighted by molar-refractivity contribution is 6.05. The number of β-lactam (4-membered cyclic amide) rings is 1. The van der Waals surface area contributed by atoms with Crippen molar-refractivity contribution in [2.24, 2.45) is 0 Å². The van der Waals surface area contributed by atoms with Crippen LogP contribution in [-0.2, 0) is 14.3 Å². The molecule has 1 aliphatic rings. The molecular formula is C19H19NO5. The van der Waals surface area contributed by atoms with Crippen molar-refractivity contribution in [1.29, 1.82) is 0 Å². The Balaban J connectivity index is 1.90. The van der Waals surface area contributed by atoms with Crippen LogP contribution in [0.5, 0.6) is 5.75 Å². The summed E-state index contributed by atoms with van der Waals surface area (Å²) >= 11 is 0. The van der Waals surface area contributed by atoms with Crippen molar-refractivity contribution in [3.05, 3.63) is 59.7 Å². The number of carbonyl (C=O) groups is 2. The van der Waals surface area contributed by atoms with Crippen LogP contribution in [0, 0.1) is 0 Å². The number of rotatable bonds is 5. The van der Waals surface area contributed by atoms with Crippen LogP contribution in [0.25, 0.3) is 0 Å². The lowest BCUT2D eigenvalue weighted by Crippen LogP contribution is -2.60. The molecule has 0 radical (unpaired) electrons. The number of amides is 1. The molecule has 1 aliphatic heterocycles. The van der Waals surface area contributed by atoms with Gasteiger partial charge in [-0.2, -0.15) is 0 Å². The maximum Gasteiger partial charge on any atom is 0.337 e. The van der Waals surface area contributed by atoms with Gasteiger partial charge in [0.1, 0.15) is 5.75 Å². The SMILES string of the molecule is COC(=O)c1ccc([C@H]2[C@@H](OC)C(=O)N2c2ccc(OC)cc2)cc1. The molecule has 0 unspecified atom stereocenters. The lowest BCUT2D eigenvalue weighted by molar-refractivity contribution is -0.139. The second-order valence-electron chi connectivity index (χ2n) is 5.62. The number of nitrogens with zero attached hydrogens (tertiary/aromatic N) is 1. The molecule has 130 valence electrons. The van der Waals surface area contributed by atoms with Crippen molar-refractivity contribution < 1.29 is 23.8 Å². The van der Waals surface area contributed by atoms with E-state index in [1.54, 1.807) is 36.3 Å². The Morgan fingerprint density at radius 3 is 2.12 bits per heavy atom. The predicted molar refractivity (Wildman–Crippen MR) is 91.8 cm³/mol. The molecule has 0 aliphatic carbocycles. The van der Waals surface area contributed by atoms with E-state index in [1.807, 2.05) is 24.3 Å². The van der Waals surface area contributed by atoms with E-state index >= 15 is 0 Å². The van der Waals surface area contributed by atoms with E-state index in [2.05, 4.69) is 0 Å². The quantitative estimate of drug-likeness (QED) is 0.618. The minimum Gasteiger partial charge on any atom is -0.497 e. The van der Waals surface area contributed by atoms with Crippen LogP contribution in [0.2, 0.25) is 0 Å². The molecule has 0 aromatic heterocycles. The molecule has 0 saturated carbocycles. The van der Waals surface area contributed by atoms with Gasteiger partial charge in [-0.05, 0) is 42.0 Å². The summed E-state index contributed by atoms with van der Waals surface area (Å²) in [5, 5.41) is 0. The average molecular weight is 341 g/mol.